The van der Waals surface area contributed by atoms with E-state index in [-0.39, 0.29) is 24.3 Å². The normalized spacial score (nSPS) is 11.2. The molecule has 0 aliphatic rings. The van der Waals surface area contributed by atoms with Crippen molar-refractivity contribution in [1.82, 2.24) is 19.1 Å². The van der Waals surface area contributed by atoms with Crippen LogP contribution in [-0.4, -0.2) is 25.0 Å². The second-order valence-electron chi connectivity index (χ2n) is 7.94. The van der Waals surface area contributed by atoms with Crippen LogP contribution in [0.2, 0.25) is 0 Å². The summed E-state index contributed by atoms with van der Waals surface area (Å²) < 4.78 is 15.3. The molecule has 8 nitrogen and oxygen atoms in total. The molecule has 0 bridgehead atoms. The molecule has 0 aliphatic heterocycles. The van der Waals surface area contributed by atoms with Gasteiger partial charge in [0.05, 0.1) is 6.54 Å². The minimum Gasteiger partial charge on any atom is -0.325 e. The van der Waals surface area contributed by atoms with Crippen LogP contribution in [0.3, 0.4) is 0 Å². The number of hydrogen-bond donors (Lipinski definition) is 1. The molecular weight excluding hydrogens is 425 g/mol. The van der Waals surface area contributed by atoms with Gasteiger partial charge in [0.1, 0.15) is 12.4 Å². The van der Waals surface area contributed by atoms with Crippen LogP contribution in [0.25, 0.3) is 11.2 Å². The van der Waals surface area contributed by atoms with Crippen LogP contribution in [0.1, 0.15) is 30.9 Å². The minimum absolute atomic E-state index is 0.0214. The Labute approximate surface area is 188 Å². The summed E-state index contributed by atoms with van der Waals surface area (Å²) in [5.41, 5.74) is 0.934. The van der Waals surface area contributed by atoms with Gasteiger partial charge in [0.15, 0.2) is 11.2 Å². The number of benzene rings is 2. The number of nitrogens with one attached hydrogen (secondary N) is 1. The Bertz CT molecular complexity index is 1420. The second-order valence-corrected chi connectivity index (χ2v) is 7.94. The molecule has 0 saturated carbocycles. The number of amides is 1. The van der Waals surface area contributed by atoms with E-state index in [0.29, 0.717) is 17.2 Å². The number of carbonyl (C=O) groups excluding carboxylic acids is 1. The quantitative estimate of drug-likeness (QED) is 0.490. The molecule has 33 heavy (non-hydrogen) atoms. The first-order valence-electron chi connectivity index (χ1n) is 10.4. The van der Waals surface area contributed by atoms with E-state index in [4.69, 9.17) is 0 Å². The molecule has 4 aromatic rings. The number of aromatic nitrogens is 4. The highest BCUT2D eigenvalue weighted by atomic mass is 19.1. The molecule has 168 valence electrons. The van der Waals surface area contributed by atoms with Gasteiger partial charge in [-0.25, -0.2) is 19.2 Å². The van der Waals surface area contributed by atoms with Gasteiger partial charge in [0.25, 0.3) is 5.56 Å². The van der Waals surface area contributed by atoms with Gasteiger partial charge in [0, 0.05) is 18.1 Å². The van der Waals surface area contributed by atoms with Crippen LogP contribution in [0.4, 0.5) is 10.1 Å². The lowest BCUT2D eigenvalue weighted by Gasteiger charge is -2.13. The van der Waals surface area contributed by atoms with Crippen molar-refractivity contribution < 1.29 is 9.18 Å². The fraction of sp³-hybridized carbons (Fsp3) is 0.208. The fourth-order valence-electron chi connectivity index (χ4n) is 3.48. The van der Waals surface area contributed by atoms with Gasteiger partial charge in [-0.05, 0) is 41.3 Å². The zero-order valence-corrected chi connectivity index (χ0v) is 18.2. The van der Waals surface area contributed by atoms with Crippen molar-refractivity contribution in [1.29, 1.82) is 0 Å². The summed E-state index contributed by atoms with van der Waals surface area (Å²) in [6.07, 6.45) is 2.70. The predicted octanol–water partition coefficient (Wildman–Crippen LogP) is 2.90. The Morgan fingerprint density at radius 2 is 1.64 bits per heavy atom. The lowest BCUT2D eigenvalue weighted by Crippen LogP contribution is -2.42. The number of rotatable bonds is 6. The lowest BCUT2D eigenvalue weighted by atomic mass is 10.0. The SMILES string of the molecule is CC(C)c1ccc(NC(=O)Cn2c(=O)n(Cc3ccc(F)cc3)c(=O)c3nccnc32)cc1. The monoisotopic (exact) mass is 447 g/mol. The zero-order valence-electron chi connectivity index (χ0n) is 18.2. The predicted molar refractivity (Wildman–Crippen MR) is 123 cm³/mol. The average molecular weight is 447 g/mol. The lowest BCUT2D eigenvalue weighted by molar-refractivity contribution is -0.116. The average Bonchev–Trinajstić information content (AvgIpc) is 2.81. The van der Waals surface area contributed by atoms with E-state index in [2.05, 4.69) is 29.1 Å². The minimum atomic E-state index is -0.706. The van der Waals surface area contributed by atoms with Gasteiger partial charge in [-0.1, -0.05) is 38.1 Å². The van der Waals surface area contributed by atoms with E-state index in [9.17, 15) is 18.8 Å². The van der Waals surface area contributed by atoms with Crippen molar-refractivity contribution >= 4 is 22.8 Å². The van der Waals surface area contributed by atoms with E-state index < -0.39 is 23.0 Å². The molecule has 0 saturated heterocycles. The highest BCUT2D eigenvalue weighted by molar-refractivity contribution is 5.91. The Hall–Kier alpha value is -4.14. The summed E-state index contributed by atoms with van der Waals surface area (Å²) in [7, 11) is 0. The van der Waals surface area contributed by atoms with E-state index in [1.165, 1.54) is 36.7 Å². The maximum atomic E-state index is 13.2. The molecule has 2 heterocycles. The molecule has 0 atom stereocenters. The first kappa shape index (κ1) is 22.1. The van der Waals surface area contributed by atoms with Crippen LogP contribution in [-0.2, 0) is 17.9 Å². The van der Waals surface area contributed by atoms with Crippen LogP contribution in [0.15, 0.2) is 70.5 Å². The van der Waals surface area contributed by atoms with Crippen molar-refractivity contribution in [2.24, 2.45) is 0 Å². The first-order valence-corrected chi connectivity index (χ1v) is 10.4. The summed E-state index contributed by atoms with van der Waals surface area (Å²) in [5, 5.41) is 2.76. The maximum Gasteiger partial charge on any atom is 0.333 e. The standard InChI is InChI=1S/C24H22FN5O3/c1-15(2)17-5-9-19(10-6-17)28-20(31)14-29-22-21(26-11-12-27-22)23(32)30(24(29)33)13-16-3-7-18(25)8-4-16/h3-12,15H,13-14H2,1-2H3,(H,28,31). The Balaban J connectivity index is 1.69. The Morgan fingerprint density at radius 3 is 2.30 bits per heavy atom. The topological polar surface area (TPSA) is 98.9 Å². The number of halogens is 1. The van der Waals surface area contributed by atoms with Crippen molar-refractivity contribution in [2.45, 2.75) is 32.9 Å². The largest absolute Gasteiger partial charge is 0.333 e. The molecule has 0 aliphatic carbocycles. The van der Waals surface area contributed by atoms with Crippen molar-refractivity contribution in [3.8, 4) is 0 Å². The molecule has 0 fully saturated rings. The highest BCUT2D eigenvalue weighted by Crippen LogP contribution is 2.17. The van der Waals surface area contributed by atoms with Crippen molar-refractivity contribution in [2.75, 3.05) is 5.32 Å². The summed E-state index contributed by atoms with van der Waals surface area (Å²) in [6, 6.07) is 12.9. The van der Waals surface area contributed by atoms with Gasteiger partial charge in [0.2, 0.25) is 5.91 Å². The summed E-state index contributed by atoms with van der Waals surface area (Å²) in [4.78, 5) is 47.0. The zero-order chi connectivity index (χ0) is 23.5. The molecule has 1 N–H and O–H groups in total. The number of carbonyl (C=O) groups is 1. The van der Waals surface area contributed by atoms with E-state index in [1.54, 1.807) is 12.1 Å². The summed E-state index contributed by atoms with van der Waals surface area (Å²) in [5.74, 6) is -0.514. The third kappa shape index (κ3) is 4.72. The van der Waals surface area contributed by atoms with Crippen molar-refractivity contribution in [3.63, 3.8) is 0 Å². The van der Waals surface area contributed by atoms with E-state index >= 15 is 0 Å². The van der Waals surface area contributed by atoms with Gasteiger partial charge in [-0.2, -0.15) is 0 Å². The van der Waals surface area contributed by atoms with Crippen LogP contribution in [0.5, 0.6) is 0 Å². The maximum absolute atomic E-state index is 13.2. The van der Waals surface area contributed by atoms with Gasteiger partial charge in [-0.15, -0.1) is 0 Å². The first-order chi connectivity index (χ1) is 15.8. The number of anilines is 1. The molecule has 0 spiro atoms. The smallest absolute Gasteiger partial charge is 0.325 e. The third-order valence-electron chi connectivity index (χ3n) is 5.26. The van der Waals surface area contributed by atoms with Gasteiger partial charge >= 0.3 is 5.69 Å². The van der Waals surface area contributed by atoms with Crippen LogP contribution in [0, 0.1) is 5.82 Å². The summed E-state index contributed by atoms with van der Waals surface area (Å²) >= 11 is 0. The van der Waals surface area contributed by atoms with Crippen molar-refractivity contribution in [3.05, 3.63) is 98.7 Å². The summed E-state index contributed by atoms with van der Waals surface area (Å²) in [6.45, 7) is 3.70. The van der Waals surface area contributed by atoms with E-state index in [0.717, 1.165) is 14.7 Å². The third-order valence-corrected chi connectivity index (χ3v) is 5.26. The Morgan fingerprint density at radius 1 is 0.970 bits per heavy atom. The molecule has 4 rings (SSSR count). The van der Waals surface area contributed by atoms with Crippen LogP contribution < -0.4 is 16.6 Å². The molecule has 2 aromatic carbocycles. The molecule has 9 heteroatoms. The number of fused-ring (bicyclic) bond motifs is 1. The molecular formula is C24H22FN5O3. The molecule has 2 aromatic heterocycles. The van der Waals surface area contributed by atoms with Crippen LogP contribution >= 0.6 is 0 Å². The Kier molecular flexibility index (Phi) is 6.12. The molecule has 0 unspecified atom stereocenters. The second kappa shape index (κ2) is 9.15. The molecule has 0 radical (unpaired) electrons. The number of nitrogens with zero attached hydrogens (tertiary/aromatic N) is 4. The van der Waals surface area contributed by atoms with E-state index in [1.807, 2.05) is 12.1 Å². The number of hydrogen-bond acceptors (Lipinski definition) is 5. The highest BCUT2D eigenvalue weighted by Gasteiger charge is 2.17. The van der Waals surface area contributed by atoms with Gasteiger partial charge in [-0.3, -0.25) is 18.7 Å². The van der Waals surface area contributed by atoms with Gasteiger partial charge < -0.3 is 5.32 Å². The fourth-order valence-corrected chi connectivity index (χ4v) is 3.48. The molecule has 1 amide bonds.